The third-order valence-corrected chi connectivity index (χ3v) is 4.85. The summed E-state index contributed by atoms with van der Waals surface area (Å²) >= 11 is 0. The molecule has 0 radical (unpaired) electrons. The van der Waals surface area contributed by atoms with E-state index in [1.165, 1.54) is 12.1 Å². The topological polar surface area (TPSA) is 54.5 Å². The Morgan fingerprint density at radius 2 is 2.08 bits per heavy atom. The van der Waals surface area contributed by atoms with Crippen LogP contribution in [0.1, 0.15) is 29.7 Å². The zero-order valence-corrected chi connectivity index (χ0v) is 13.2. The Hall–Kier alpha value is -2.41. The van der Waals surface area contributed by atoms with Gasteiger partial charge >= 0.3 is 0 Å². The number of nitrogens with zero attached hydrogens (tertiary/aromatic N) is 1. The highest BCUT2D eigenvalue weighted by molar-refractivity contribution is 5.87. The number of benzene rings is 1. The third kappa shape index (κ3) is 2.59. The number of halogens is 3. The van der Waals surface area contributed by atoms with Crippen LogP contribution in [0.3, 0.4) is 0 Å². The molecule has 1 fully saturated rings. The Balaban J connectivity index is 1.57. The second kappa shape index (κ2) is 5.56. The minimum absolute atomic E-state index is 0.0383. The molecule has 1 aromatic carbocycles. The van der Waals surface area contributed by atoms with Crippen LogP contribution in [-0.2, 0) is 27.3 Å². The molecule has 130 valence electrons. The maximum absolute atomic E-state index is 15.5. The van der Waals surface area contributed by atoms with Gasteiger partial charge in [0.25, 0.3) is 5.91 Å². The Bertz CT molecular complexity index is 854. The summed E-state index contributed by atoms with van der Waals surface area (Å²) in [6, 6.07) is 6.13. The van der Waals surface area contributed by atoms with E-state index >= 15 is 4.39 Å². The molecule has 1 saturated heterocycles. The van der Waals surface area contributed by atoms with Crippen molar-refractivity contribution in [1.82, 2.24) is 10.3 Å². The fourth-order valence-electron chi connectivity index (χ4n) is 3.30. The SMILES string of the molecule is O=C(NCc1ccc(F)cc1F)[C@]1(F)CC[C@@]2(CO2)c2ncccc21. The van der Waals surface area contributed by atoms with E-state index in [9.17, 15) is 13.6 Å². The minimum atomic E-state index is -2.25. The molecule has 4 rings (SSSR count). The standard InChI is InChI=1S/C18H15F3N2O2/c19-12-4-3-11(14(20)8-12)9-23-16(24)18(21)6-5-17(10-25-17)15-13(18)2-1-7-22-15/h1-4,7-8H,5-6,9-10H2,(H,23,24)/t17-,18+/m1/s1. The van der Waals surface area contributed by atoms with Gasteiger partial charge in [-0.15, -0.1) is 0 Å². The summed E-state index contributed by atoms with van der Waals surface area (Å²) < 4.78 is 47.6. The number of ether oxygens (including phenoxy) is 1. The summed E-state index contributed by atoms with van der Waals surface area (Å²) in [4.78, 5) is 16.7. The molecule has 2 aliphatic rings. The number of aromatic nitrogens is 1. The molecule has 1 aliphatic heterocycles. The van der Waals surface area contributed by atoms with Crippen LogP contribution in [0, 0.1) is 11.6 Å². The molecule has 4 nitrogen and oxygen atoms in total. The summed E-state index contributed by atoms with van der Waals surface area (Å²) in [6.45, 7) is 0.239. The van der Waals surface area contributed by atoms with Crippen molar-refractivity contribution in [2.75, 3.05) is 6.61 Å². The first-order chi connectivity index (χ1) is 11.9. The van der Waals surface area contributed by atoms with Crippen LogP contribution in [0.5, 0.6) is 0 Å². The van der Waals surface area contributed by atoms with Crippen LogP contribution in [0.4, 0.5) is 13.2 Å². The number of fused-ring (bicyclic) bond motifs is 2. The number of hydrogen-bond donors (Lipinski definition) is 1. The largest absolute Gasteiger partial charge is 0.363 e. The fourth-order valence-corrected chi connectivity index (χ4v) is 3.30. The fraction of sp³-hybridized carbons (Fsp3) is 0.333. The second-order valence-corrected chi connectivity index (χ2v) is 6.40. The van der Waals surface area contributed by atoms with E-state index in [2.05, 4.69) is 10.3 Å². The first kappa shape index (κ1) is 16.1. The van der Waals surface area contributed by atoms with Crippen molar-refractivity contribution in [2.45, 2.75) is 30.7 Å². The Morgan fingerprint density at radius 3 is 2.80 bits per heavy atom. The van der Waals surface area contributed by atoms with Crippen molar-refractivity contribution < 1.29 is 22.7 Å². The van der Waals surface area contributed by atoms with Gasteiger partial charge in [0.15, 0.2) is 0 Å². The smallest absolute Gasteiger partial charge is 0.262 e. The minimum Gasteiger partial charge on any atom is -0.363 e. The van der Waals surface area contributed by atoms with Crippen molar-refractivity contribution in [3.63, 3.8) is 0 Å². The lowest BCUT2D eigenvalue weighted by atomic mass is 9.77. The van der Waals surface area contributed by atoms with Gasteiger partial charge in [-0.1, -0.05) is 12.1 Å². The zero-order chi connectivity index (χ0) is 17.7. The first-order valence-electron chi connectivity index (χ1n) is 7.96. The van der Waals surface area contributed by atoms with Gasteiger partial charge in [-0.05, 0) is 25.0 Å². The maximum Gasteiger partial charge on any atom is 0.262 e. The van der Waals surface area contributed by atoms with Crippen molar-refractivity contribution in [1.29, 1.82) is 0 Å². The average molecular weight is 348 g/mol. The van der Waals surface area contributed by atoms with E-state index in [0.29, 0.717) is 18.7 Å². The highest BCUT2D eigenvalue weighted by atomic mass is 19.1. The van der Waals surface area contributed by atoms with E-state index < -0.39 is 28.8 Å². The van der Waals surface area contributed by atoms with E-state index in [1.54, 1.807) is 12.3 Å². The van der Waals surface area contributed by atoms with E-state index in [4.69, 9.17) is 4.74 Å². The summed E-state index contributed by atoms with van der Waals surface area (Å²) in [5.41, 5.74) is -2.10. The van der Waals surface area contributed by atoms with Gasteiger partial charge in [0.2, 0.25) is 5.67 Å². The van der Waals surface area contributed by atoms with Gasteiger partial charge in [-0.2, -0.15) is 0 Å². The molecule has 0 bridgehead atoms. The number of nitrogens with one attached hydrogen (secondary N) is 1. The first-order valence-corrected chi connectivity index (χ1v) is 7.96. The molecule has 1 N–H and O–H groups in total. The molecular weight excluding hydrogens is 333 g/mol. The lowest BCUT2D eigenvalue weighted by Crippen LogP contribution is -2.45. The van der Waals surface area contributed by atoms with Gasteiger partial charge in [0.05, 0.1) is 12.3 Å². The third-order valence-electron chi connectivity index (χ3n) is 4.85. The van der Waals surface area contributed by atoms with Crippen molar-refractivity contribution in [2.24, 2.45) is 0 Å². The highest BCUT2D eigenvalue weighted by Gasteiger charge is 2.58. The predicted octanol–water partition coefficient (Wildman–Crippen LogP) is 2.86. The Kier molecular flexibility index (Phi) is 3.57. The van der Waals surface area contributed by atoms with Crippen molar-refractivity contribution >= 4 is 5.91 Å². The highest BCUT2D eigenvalue weighted by Crippen LogP contribution is 2.53. The number of carbonyl (C=O) groups excluding carboxylic acids is 1. The molecule has 1 spiro atoms. The van der Waals surface area contributed by atoms with Gasteiger partial charge in [-0.3, -0.25) is 9.78 Å². The monoisotopic (exact) mass is 348 g/mol. The number of carbonyl (C=O) groups is 1. The predicted molar refractivity (Wildman–Crippen MR) is 82.1 cm³/mol. The van der Waals surface area contributed by atoms with Crippen LogP contribution >= 0.6 is 0 Å². The van der Waals surface area contributed by atoms with Crippen LogP contribution in [-0.4, -0.2) is 17.5 Å². The van der Waals surface area contributed by atoms with Crippen molar-refractivity contribution in [3.8, 4) is 0 Å². The number of rotatable bonds is 3. The van der Waals surface area contributed by atoms with E-state index in [0.717, 1.165) is 12.1 Å². The van der Waals surface area contributed by atoms with Crippen molar-refractivity contribution in [3.05, 3.63) is 65.0 Å². The zero-order valence-electron chi connectivity index (χ0n) is 13.2. The molecule has 2 aromatic rings. The molecule has 2 heterocycles. The van der Waals surface area contributed by atoms with Crippen LogP contribution in [0.15, 0.2) is 36.5 Å². The maximum atomic E-state index is 15.5. The lowest BCUT2D eigenvalue weighted by Gasteiger charge is -2.33. The number of amides is 1. The second-order valence-electron chi connectivity index (χ2n) is 6.40. The summed E-state index contributed by atoms with van der Waals surface area (Å²) in [5, 5.41) is 2.41. The molecule has 1 aromatic heterocycles. The Morgan fingerprint density at radius 1 is 1.28 bits per heavy atom. The van der Waals surface area contributed by atoms with Gasteiger partial charge < -0.3 is 10.1 Å². The molecule has 7 heteroatoms. The molecule has 1 amide bonds. The van der Waals surface area contributed by atoms with E-state index in [-0.39, 0.29) is 24.1 Å². The molecule has 25 heavy (non-hydrogen) atoms. The average Bonchev–Trinajstić information content (AvgIpc) is 3.39. The summed E-state index contributed by atoms with van der Waals surface area (Å²) in [6.07, 6.45) is 1.86. The van der Waals surface area contributed by atoms with E-state index in [1.807, 2.05) is 0 Å². The molecular formula is C18H15F3N2O2. The molecule has 1 aliphatic carbocycles. The normalized spacial score (nSPS) is 27.0. The summed E-state index contributed by atoms with van der Waals surface area (Å²) in [5.74, 6) is -2.36. The van der Waals surface area contributed by atoms with Gasteiger partial charge in [0.1, 0.15) is 17.2 Å². The quantitative estimate of drug-likeness (QED) is 0.868. The number of epoxide rings is 1. The molecule has 2 atom stereocenters. The number of alkyl halides is 1. The molecule has 0 unspecified atom stereocenters. The van der Waals surface area contributed by atoms with Crippen LogP contribution in [0.2, 0.25) is 0 Å². The van der Waals surface area contributed by atoms with Crippen LogP contribution < -0.4 is 5.32 Å². The van der Waals surface area contributed by atoms with Gasteiger partial charge in [0, 0.05) is 29.9 Å². The number of pyridine rings is 1. The Labute approximate surface area is 142 Å². The molecule has 0 saturated carbocycles. The lowest BCUT2D eigenvalue weighted by molar-refractivity contribution is -0.135. The van der Waals surface area contributed by atoms with Crippen LogP contribution in [0.25, 0.3) is 0 Å². The number of hydrogen-bond acceptors (Lipinski definition) is 3. The van der Waals surface area contributed by atoms with Gasteiger partial charge in [-0.25, -0.2) is 13.2 Å². The summed E-state index contributed by atoms with van der Waals surface area (Å²) in [7, 11) is 0.